The molecule has 164 valence electrons. The molecule has 8 nitrogen and oxygen atoms in total. The van der Waals surface area contributed by atoms with Gasteiger partial charge in [-0.05, 0) is 46.1 Å². The van der Waals surface area contributed by atoms with Gasteiger partial charge in [-0.3, -0.25) is 4.79 Å². The first-order valence-electron chi connectivity index (χ1n) is 9.92. The molecule has 2 N–H and O–H groups in total. The van der Waals surface area contributed by atoms with Crippen LogP contribution in [0.15, 0.2) is 11.6 Å². The Kier molecular flexibility index (Phi) is 7.86. The second-order valence-electron chi connectivity index (χ2n) is 7.44. The summed E-state index contributed by atoms with van der Waals surface area (Å²) in [5.74, 6) is -0.115. The molecule has 1 aliphatic heterocycles. The van der Waals surface area contributed by atoms with E-state index >= 15 is 0 Å². The molecular formula is C22H30N2O6. The number of carbonyl (C=O) groups is 3. The maximum Gasteiger partial charge on any atom is 0.341 e. The van der Waals surface area contributed by atoms with Gasteiger partial charge in [0.05, 0.1) is 24.5 Å². The number of cyclic esters (lactones) is 1. The molecule has 1 aromatic rings. The first-order chi connectivity index (χ1) is 14.2. The molecule has 0 unspecified atom stereocenters. The van der Waals surface area contributed by atoms with Gasteiger partial charge in [-0.25, -0.2) is 9.59 Å². The number of hydrogen-bond donors (Lipinski definition) is 2. The lowest BCUT2D eigenvalue weighted by Crippen LogP contribution is -2.26. The first kappa shape index (κ1) is 23.3. The highest BCUT2D eigenvalue weighted by atomic mass is 16.5. The number of urea groups is 1. The standard InChI is InChI=1S/C22H30N2O6/c1-12(2)30-17(25)10-8-13(3)7-9-15-19(24-22(27)23-5)18-16(11-29-21(18)26)14(4)20(15)28-6/h7,12H,8-11H2,1-6H3,(H2,23,24,27). The average molecular weight is 418 g/mol. The number of hydrogen-bond acceptors (Lipinski definition) is 6. The van der Waals surface area contributed by atoms with E-state index in [9.17, 15) is 14.4 Å². The summed E-state index contributed by atoms with van der Waals surface area (Å²) in [6.45, 7) is 7.57. The number of fused-ring (bicyclic) bond motifs is 1. The van der Waals surface area contributed by atoms with Crippen molar-refractivity contribution in [1.82, 2.24) is 5.32 Å². The van der Waals surface area contributed by atoms with Crippen molar-refractivity contribution >= 4 is 23.7 Å². The van der Waals surface area contributed by atoms with Gasteiger partial charge in [-0.1, -0.05) is 11.6 Å². The highest BCUT2D eigenvalue weighted by molar-refractivity contribution is 6.05. The fourth-order valence-electron chi connectivity index (χ4n) is 3.37. The van der Waals surface area contributed by atoms with Crippen molar-refractivity contribution < 1.29 is 28.6 Å². The quantitative estimate of drug-likeness (QED) is 0.493. The lowest BCUT2D eigenvalue weighted by atomic mass is 9.93. The van der Waals surface area contributed by atoms with E-state index in [1.165, 1.54) is 7.05 Å². The fraction of sp³-hybridized carbons (Fsp3) is 0.500. The van der Waals surface area contributed by atoms with Crippen molar-refractivity contribution in [2.24, 2.45) is 0 Å². The van der Waals surface area contributed by atoms with Crippen LogP contribution in [0.3, 0.4) is 0 Å². The zero-order chi connectivity index (χ0) is 22.4. The molecule has 2 amide bonds. The maximum atomic E-state index is 12.4. The van der Waals surface area contributed by atoms with Crippen molar-refractivity contribution in [2.45, 2.75) is 59.7 Å². The molecule has 0 atom stereocenters. The van der Waals surface area contributed by atoms with Crippen LogP contribution >= 0.6 is 0 Å². The van der Waals surface area contributed by atoms with E-state index in [2.05, 4.69) is 10.6 Å². The summed E-state index contributed by atoms with van der Waals surface area (Å²) < 4.78 is 16.0. The molecule has 8 heteroatoms. The second kappa shape index (κ2) is 10.1. The zero-order valence-electron chi connectivity index (χ0n) is 18.4. The predicted octanol–water partition coefficient (Wildman–Crippen LogP) is 3.65. The van der Waals surface area contributed by atoms with Crippen molar-refractivity contribution in [3.05, 3.63) is 33.9 Å². The molecule has 30 heavy (non-hydrogen) atoms. The normalized spacial score (nSPS) is 13.0. The Balaban J connectivity index is 2.37. The van der Waals surface area contributed by atoms with Crippen LogP contribution in [0.4, 0.5) is 10.5 Å². The molecule has 0 bridgehead atoms. The summed E-state index contributed by atoms with van der Waals surface area (Å²) >= 11 is 0. The number of allylic oxidation sites excluding steroid dienone is 2. The van der Waals surface area contributed by atoms with E-state index in [0.717, 1.165) is 11.1 Å². The van der Waals surface area contributed by atoms with E-state index in [-0.39, 0.29) is 25.1 Å². The highest BCUT2D eigenvalue weighted by Crippen LogP contribution is 2.41. The summed E-state index contributed by atoms with van der Waals surface area (Å²) in [4.78, 5) is 36.2. The summed E-state index contributed by atoms with van der Waals surface area (Å²) in [6.07, 6.45) is 3.07. The Labute approximate surface area is 176 Å². The van der Waals surface area contributed by atoms with Gasteiger partial charge < -0.3 is 24.8 Å². The predicted molar refractivity (Wildman–Crippen MR) is 113 cm³/mol. The zero-order valence-corrected chi connectivity index (χ0v) is 18.4. The number of rotatable bonds is 8. The van der Waals surface area contributed by atoms with Crippen molar-refractivity contribution in [1.29, 1.82) is 0 Å². The molecule has 1 heterocycles. The molecule has 0 aromatic heterocycles. The van der Waals surface area contributed by atoms with E-state index < -0.39 is 12.0 Å². The summed E-state index contributed by atoms with van der Waals surface area (Å²) in [5.41, 5.74) is 3.94. The minimum Gasteiger partial charge on any atom is -0.496 e. The number of amides is 2. The van der Waals surface area contributed by atoms with Crippen molar-refractivity contribution in [3.63, 3.8) is 0 Å². The van der Waals surface area contributed by atoms with Crippen LogP contribution in [0.2, 0.25) is 0 Å². The summed E-state index contributed by atoms with van der Waals surface area (Å²) in [6, 6.07) is -0.443. The maximum absolute atomic E-state index is 12.4. The van der Waals surface area contributed by atoms with Gasteiger partial charge in [0.1, 0.15) is 12.4 Å². The van der Waals surface area contributed by atoms with Crippen LogP contribution in [-0.2, 0) is 27.3 Å². The van der Waals surface area contributed by atoms with Crippen LogP contribution in [0, 0.1) is 6.92 Å². The third kappa shape index (κ3) is 5.31. The monoisotopic (exact) mass is 418 g/mol. The molecule has 1 aromatic carbocycles. The Bertz CT molecular complexity index is 873. The van der Waals surface area contributed by atoms with E-state index in [1.807, 2.05) is 33.8 Å². The largest absolute Gasteiger partial charge is 0.496 e. The third-order valence-corrected chi connectivity index (χ3v) is 4.89. The number of anilines is 1. The van der Waals surface area contributed by atoms with Gasteiger partial charge >= 0.3 is 18.0 Å². The van der Waals surface area contributed by atoms with Crippen molar-refractivity contribution in [2.75, 3.05) is 19.5 Å². The van der Waals surface area contributed by atoms with Crippen molar-refractivity contribution in [3.8, 4) is 5.75 Å². The van der Waals surface area contributed by atoms with Gasteiger partial charge in [0, 0.05) is 24.6 Å². The topological polar surface area (TPSA) is 103 Å². The van der Waals surface area contributed by atoms with E-state index in [0.29, 0.717) is 41.0 Å². The molecule has 2 rings (SSSR count). The highest BCUT2D eigenvalue weighted by Gasteiger charge is 2.32. The second-order valence-corrected chi connectivity index (χ2v) is 7.44. The van der Waals surface area contributed by atoms with Crippen LogP contribution in [-0.4, -0.2) is 38.2 Å². The van der Waals surface area contributed by atoms with Crippen LogP contribution < -0.4 is 15.4 Å². The molecular weight excluding hydrogens is 388 g/mol. The van der Waals surface area contributed by atoms with Crippen LogP contribution in [0.5, 0.6) is 5.75 Å². The average Bonchev–Trinajstić information content (AvgIpc) is 3.08. The number of methoxy groups -OCH3 is 1. The van der Waals surface area contributed by atoms with Crippen LogP contribution in [0.25, 0.3) is 0 Å². The SMILES string of the molecule is CNC(=O)Nc1c(CC=C(C)CCC(=O)OC(C)C)c(OC)c(C)c2c1C(=O)OC2. The van der Waals surface area contributed by atoms with E-state index in [1.54, 1.807) is 7.11 Å². The van der Waals surface area contributed by atoms with Gasteiger partial charge in [-0.2, -0.15) is 0 Å². The molecule has 0 radical (unpaired) electrons. The Morgan fingerprint density at radius 2 is 1.97 bits per heavy atom. The molecule has 0 spiro atoms. The number of ether oxygens (including phenoxy) is 3. The Morgan fingerprint density at radius 1 is 1.27 bits per heavy atom. The minimum atomic E-state index is -0.472. The Morgan fingerprint density at radius 3 is 2.57 bits per heavy atom. The van der Waals surface area contributed by atoms with Crippen LogP contribution in [0.1, 0.15) is 60.7 Å². The number of esters is 2. The summed E-state index contributed by atoms with van der Waals surface area (Å²) in [7, 11) is 3.05. The lowest BCUT2D eigenvalue weighted by molar-refractivity contribution is -0.147. The molecule has 0 fully saturated rings. The van der Waals surface area contributed by atoms with Gasteiger partial charge in [0.15, 0.2) is 0 Å². The Hall–Kier alpha value is -3.03. The lowest BCUT2D eigenvalue weighted by Gasteiger charge is -2.19. The fourth-order valence-corrected chi connectivity index (χ4v) is 3.37. The molecule has 0 saturated heterocycles. The summed E-state index contributed by atoms with van der Waals surface area (Å²) in [5, 5.41) is 5.26. The smallest absolute Gasteiger partial charge is 0.341 e. The minimum absolute atomic E-state index is 0.140. The van der Waals surface area contributed by atoms with E-state index in [4.69, 9.17) is 14.2 Å². The molecule has 1 aliphatic rings. The van der Waals surface area contributed by atoms with Gasteiger partial charge in [0.25, 0.3) is 0 Å². The van der Waals surface area contributed by atoms with Gasteiger partial charge in [-0.15, -0.1) is 0 Å². The molecule has 0 aliphatic carbocycles. The molecule has 0 saturated carbocycles. The number of benzene rings is 1. The third-order valence-electron chi connectivity index (χ3n) is 4.89. The number of nitrogens with one attached hydrogen (secondary N) is 2. The number of carbonyl (C=O) groups excluding carboxylic acids is 3. The first-order valence-corrected chi connectivity index (χ1v) is 9.92. The van der Waals surface area contributed by atoms with Gasteiger partial charge in [0.2, 0.25) is 0 Å².